The summed E-state index contributed by atoms with van der Waals surface area (Å²) in [5.74, 6) is -0.394. The van der Waals surface area contributed by atoms with Gasteiger partial charge in [-0.2, -0.15) is 16.3 Å². The highest BCUT2D eigenvalue weighted by molar-refractivity contribution is 7.08. The van der Waals surface area contributed by atoms with Crippen molar-refractivity contribution in [3.05, 3.63) is 46.9 Å². The van der Waals surface area contributed by atoms with Gasteiger partial charge in [-0.3, -0.25) is 4.79 Å². The van der Waals surface area contributed by atoms with Gasteiger partial charge in [0, 0.05) is 10.9 Å². The Morgan fingerprint density at radius 3 is 3.00 bits per heavy atom. The Morgan fingerprint density at radius 1 is 1.42 bits per heavy atom. The molecular formula is C15H13N3O5S. The van der Waals surface area contributed by atoms with Crippen molar-refractivity contribution in [2.75, 3.05) is 0 Å². The van der Waals surface area contributed by atoms with E-state index in [1.807, 2.05) is 16.8 Å². The summed E-state index contributed by atoms with van der Waals surface area (Å²) in [5.41, 5.74) is 0.834. The van der Waals surface area contributed by atoms with Crippen LogP contribution in [0.3, 0.4) is 0 Å². The third-order valence-electron chi connectivity index (χ3n) is 3.03. The summed E-state index contributed by atoms with van der Waals surface area (Å²) in [6.07, 6.45) is 1.37. The number of hydrogen-bond donors (Lipinski definition) is 1. The summed E-state index contributed by atoms with van der Waals surface area (Å²) in [5, 5.41) is 10.1. The molecule has 0 aliphatic carbocycles. The van der Waals surface area contributed by atoms with Crippen molar-refractivity contribution in [2.45, 2.75) is 19.6 Å². The maximum Gasteiger partial charge on any atom is 0.328 e. The van der Waals surface area contributed by atoms with E-state index in [0.29, 0.717) is 5.82 Å². The molecule has 1 N–H and O–H groups in total. The number of esters is 1. The number of carbonyl (C=O) groups excluding carboxylic acids is 2. The van der Waals surface area contributed by atoms with Crippen LogP contribution < -0.4 is 5.32 Å². The van der Waals surface area contributed by atoms with Crippen molar-refractivity contribution in [3.8, 4) is 11.4 Å². The second kappa shape index (κ2) is 7.09. The number of nitrogens with one attached hydrogen (secondary N) is 1. The van der Waals surface area contributed by atoms with Crippen molar-refractivity contribution in [3.63, 3.8) is 0 Å². The van der Waals surface area contributed by atoms with Crippen LogP contribution in [0.1, 0.15) is 23.4 Å². The van der Waals surface area contributed by atoms with E-state index >= 15 is 0 Å². The number of amides is 1. The van der Waals surface area contributed by atoms with Gasteiger partial charge in [0.1, 0.15) is 6.04 Å². The van der Waals surface area contributed by atoms with E-state index in [1.54, 1.807) is 6.07 Å². The third-order valence-corrected chi connectivity index (χ3v) is 3.71. The number of carbonyl (C=O) groups is 2. The number of furan rings is 1. The second-order valence-corrected chi connectivity index (χ2v) is 5.58. The van der Waals surface area contributed by atoms with E-state index in [9.17, 15) is 9.59 Å². The second-order valence-electron chi connectivity index (χ2n) is 4.80. The topological polar surface area (TPSA) is 107 Å². The van der Waals surface area contributed by atoms with Gasteiger partial charge in [-0.1, -0.05) is 5.16 Å². The van der Waals surface area contributed by atoms with Gasteiger partial charge in [-0.05, 0) is 30.5 Å². The molecule has 3 rings (SSSR count). The van der Waals surface area contributed by atoms with Gasteiger partial charge in [0.15, 0.2) is 12.4 Å². The fourth-order valence-corrected chi connectivity index (χ4v) is 2.45. The van der Waals surface area contributed by atoms with Crippen LogP contribution >= 0.6 is 11.3 Å². The monoisotopic (exact) mass is 347 g/mol. The van der Waals surface area contributed by atoms with Crippen molar-refractivity contribution in [1.82, 2.24) is 15.5 Å². The Morgan fingerprint density at radius 2 is 2.29 bits per heavy atom. The molecule has 0 fully saturated rings. The minimum Gasteiger partial charge on any atom is -0.459 e. The molecule has 3 aromatic heterocycles. The van der Waals surface area contributed by atoms with Gasteiger partial charge >= 0.3 is 5.97 Å². The summed E-state index contributed by atoms with van der Waals surface area (Å²) in [7, 11) is 0. The quantitative estimate of drug-likeness (QED) is 0.681. The van der Waals surface area contributed by atoms with Crippen molar-refractivity contribution >= 4 is 23.2 Å². The molecule has 0 spiro atoms. The average molecular weight is 347 g/mol. The normalized spacial score (nSPS) is 11.9. The Balaban J connectivity index is 1.51. The molecule has 0 unspecified atom stereocenters. The molecule has 0 saturated carbocycles. The first-order chi connectivity index (χ1) is 11.6. The molecule has 9 heteroatoms. The summed E-state index contributed by atoms with van der Waals surface area (Å²) in [6.45, 7) is 1.34. The molecule has 3 heterocycles. The van der Waals surface area contributed by atoms with Crippen LogP contribution in [0.4, 0.5) is 0 Å². The number of aromatic nitrogens is 2. The standard InChI is InChI=1S/C15H13N3O5S/c1-9(16-14(19)11-3-2-5-21-11)15(20)22-7-12-17-13(18-23-12)10-4-6-24-8-10/h2-6,8-9H,7H2,1H3,(H,16,19)/t9-/m1/s1. The van der Waals surface area contributed by atoms with Crippen LogP contribution in [0.5, 0.6) is 0 Å². The SMILES string of the molecule is C[C@@H](NC(=O)c1ccco1)C(=O)OCc1nc(-c2ccsc2)no1. The fraction of sp³-hybridized carbons (Fsp3) is 0.200. The van der Waals surface area contributed by atoms with Crippen LogP contribution in [-0.4, -0.2) is 28.1 Å². The Labute approximate surface area is 140 Å². The minimum atomic E-state index is -0.845. The van der Waals surface area contributed by atoms with Gasteiger partial charge in [0.25, 0.3) is 11.8 Å². The summed E-state index contributed by atoms with van der Waals surface area (Å²) in [4.78, 5) is 27.8. The lowest BCUT2D eigenvalue weighted by molar-refractivity contribution is -0.147. The molecule has 0 aliphatic heterocycles. The van der Waals surface area contributed by atoms with E-state index in [-0.39, 0.29) is 18.3 Å². The number of nitrogens with zero attached hydrogens (tertiary/aromatic N) is 2. The van der Waals surface area contributed by atoms with E-state index < -0.39 is 17.9 Å². The first-order valence-corrected chi connectivity index (χ1v) is 7.94. The van der Waals surface area contributed by atoms with Gasteiger partial charge in [-0.15, -0.1) is 0 Å². The summed E-state index contributed by atoms with van der Waals surface area (Å²) < 4.78 is 15.0. The average Bonchev–Trinajstić information content (AvgIpc) is 3.34. The summed E-state index contributed by atoms with van der Waals surface area (Å²) >= 11 is 1.52. The first kappa shape index (κ1) is 15.9. The van der Waals surface area contributed by atoms with Crippen LogP contribution in [0, 0.1) is 0 Å². The molecular weight excluding hydrogens is 334 g/mol. The molecule has 0 aromatic carbocycles. The van der Waals surface area contributed by atoms with Gasteiger partial charge in [0.2, 0.25) is 5.82 Å². The fourth-order valence-electron chi connectivity index (χ4n) is 1.81. The van der Waals surface area contributed by atoms with Crippen LogP contribution in [0.2, 0.25) is 0 Å². The maximum atomic E-state index is 11.9. The molecule has 1 atom stereocenters. The highest BCUT2D eigenvalue weighted by atomic mass is 32.1. The molecule has 124 valence electrons. The molecule has 24 heavy (non-hydrogen) atoms. The molecule has 0 radical (unpaired) electrons. The zero-order valence-electron chi connectivity index (χ0n) is 12.6. The van der Waals surface area contributed by atoms with E-state index in [0.717, 1.165) is 5.56 Å². The van der Waals surface area contributed by atoms with Gasteiger partial charge in [-0.25, -0.2) is 4.79 Å². The van der Waals surface area contributed by atoms with E-state index in [1.165, 1.54) is 30.6 Å². The van der Waals surface area contributed by atoms with E-state index in [2.05, 4.69) is 15.5 Å². The number of rotatable bonds is 6. The van der Waals surface area contributed by atoms with Gasteiger partial charge in [0.05, 0.1) is 6.26 Å². The molecule has 8 nitrogen and oxygen atoms in total. The largest absolute Gasteiger partial charge is 0.459 e. The minimum absolute atomic E-state index is 0.118. The third kappa shape index (κ3) is 3.69. The lowest BCUT2D eigenvalue weighted by atomic mass is 10.3. The molecule has 3 aromatic rings. The Bertz CT molecular complexity index is 810. The predicted molar refractivity (Wildman–Crippen MR) is 83.0 cm³/mol. The van der Waals surface area contributed by atoms with E-state index in [4.69, 9.17) is 13.7 Å². The van der Waals surface area contributed by atoms with Crippen LogP contribution in [-0.2, 0) is 16.1 Å². The predicted octanol–water partition coefficient (Wildman–Crippen LogP) is 2.25. The number of ether oxygens (including phenoxy) is 1. The van der Waals surface area contributed by atoms with Crippen molar-refractivity contribution in [2.24, 2.45) is 0 Å². The van der Waals surface area contributed by atoms with Crippen molar-refractivity contribution < 1.29 is 23.3 Å². The Hall–Kier alpha value is -2.94. The lowest BCUT2D eigenvalue weighted by Gasteiger charge is -2.11. The molecule has 0 saturated heterocycles. The molecule has 0 bridgehead atoms. The maximum absolute atomic E-state index is 11.9. The number of hydrogen-bond acceptors (Lipinski definition) is 8. The Kier molecular flexibility index (Phi) is 4.71. The summed E-state index contributed by atoms with van der Waals surface area (Å²) in [6, 6.07) is 4.09. The highest BCUT2D eigenvalue weighted by Gasteiger charge is 2.20. The van der Waals surface area contributed by atoms with Crippen LogP contribution in [0.15, 0.2) is 44.2 Å². The van der Waals surface area contributed by atoms with Crippen molar-refractivity contribution in [1.29, 1.82) is 0 Å². The smallest absolute Gasteiger partial charge is 0.328 e. The molecule has 1 amide bonds. The molecule has 0 aliphatic rings. The van der Waals surface area contributed by atoms with Gasteiger partial charge < -0.3 is 19.0 Å². The zero-order valence-corrected chi connectivity index (χ0v) is 13.4. The first-order valence-electron chi connectivity index (χ1n) is 6.99. The van der Waals surface area contributed by atoms with Crippen LogP contribution in [0.25, 0.3) is 11.4 Å². The number of thiophene rings is 1. The highest BCUT2D eigenvalue weighted by Crippen LogP contribution is 2.18. The lowest BCUT2D eigenvalue weighted by Crippen LogP contribution is -2.39. The zero-order chi connectivity index (χ0) is 16.9.